The van der Waals surface area contributed by atoms with E-state index in [2.05, 4.69) is 4.18 Å². The first-order valence-electron chi connectivity index (χ1n) is 3.78. The van der Waals surface area contributed by atoms with Gasteiger partial charge in [-0.1, -0.05) is 0 Å². The van der Waals surface area contributed by atoms with Crippen LogP contribution in [-0.2, 0) is 23.8 Å². The van der Waals surface area contributed by atoms with E-state index in [9.17, 15) is 13.2 Å². The molecule has 0 fully saturated rings. The van der Waals surface area contributed by atoms with Crippen molar-refractivity contribution in [3.8, 4) is 0 Å². The first-order chi connectivity index (χ1) is 5.72. The van der Waals surface area contributed by atoms with Gasteiger partial charge in [0.05, 0.1) is 6.26 Å². The largest absolute Gasteiger partial charge is 0.460 e. The standard InChI is InChI=1S/C7H14O5S/c1-5(11-7(3)8)6(2)12-13(4,9)10/h5-6H,1-4H3. The van der Waals surface area contributed by atoms with Crippen molar-refractivity contribution in [1.82, 2.24) is 0 Å². The summed E-state index contributed by atoms with van der Waals surface area (Å²) in [6, 6.07) is 0. The summed E-state index contributed by atoms with van der Waals surface area (Å²) in [4.78, 5) is 10.5. The summed E-state index contributed by atoms with van der Waals surface area (Å²) < 4.78 is 30.7. The van der Waals surface area contributed by atoms with Gasteiger partial charge in [0.2, 0.25) is 0 Å². The Hall–Kier alpha value is -0.620. The lowest BCUT2D eigenvalue weighted by Crippen LogP contribution is -2.29. The molecule has 0 saturated heterocycles. The van der Waals surface area contributed by atoms with Gasteiger partial charge in [0.15, 0.2) is 0 Å². The van der Waals surface area contributed by atoms with Crippen LogP contribution < -0.4 is 0 Å². The van der Waals surface area contributed by atoms with Crippen LogP contribution in [0, 0.1) is 0 Å². The summed E-state index contributed by atoms with van der Waals surface area (Å²) in [6.45, 7) is 4.34. The van der Waals surface area contributed by atoms with Gasteiger partial charge in [0, 0.05) is 6.92 Å². The summed E-state index contributed by atoms with van der Waals surface area (Å²) in [7, 11) is -3.50. The Bertz CT molecular complexity index is 269. The van der Waals surface area contributed by atoms with Crippen LogP contribution in [0.1, 0.15) is 20.8 Å². The van der Waals surface area contributed by atoms with E-state index in [1.165, 1.54) is 13.8 Å². The average Bonchev–Trinajstić information content (AvgIpc) is 1.81. The van der Waals surface area contributed by atoms with Crippen LogP contribution in [0.2, 0.25) is 0 Å². The van der Waals surface area contributed by atoms with E-state index in [0.717, 1.165) is 6.26 Å². The molecule has 0 bridgehead atoms. The Kier molecular flexibility index (Phi) is 4.35. The minimum absolute atomic E-state index is 0.462. The SMILES string of the molecule is CC(=O)OC(C)C(C)OS(C)(=O)=O. The molecule has 2 unspecified atom stereocenters. The molecule has 5 nitrogen and oxygen atoms in total. The third-order valence-electron chi connectivity index (χ3n) is 1.34. The number of hydrogen-bond acceptors (Lipinski definition) is 5. The molecule has 0 aromatic rings. The van der Waals surface area contributed by atoms with Crippen molar-refractivity contribution in [1.29, 1.82) is 0 Å². The Labute approximate surface area is 78.2 Å². The molecule has 13 heavy (non-hydrogen) atoms. The molecule has 0 aliphatic heterocycles. The molecule has 0 aliphatic carbocycles. The van der Waals surface area contributed by atoms with E-state index >= 15 is 0 Å². The minimum atomic E-state index is -3.50. The molecule has 0 spiro atoms. The average molecular weight is 210 g/mol. The second-order valence-corrected chi connectivity index (χ2v) is 4.42. The molecule has 78 valence electrons. The Morgan fingerprint density at radius 2 is 1.69 bits per heavy atom. The van der Waals surface area contributed by atoms with Gasteiger partial charge in [0.1, 0.15) is 12.2 Å². The zero-order valence-corrected chi connectivity index (χ0v) is 8.92. The molecule has 0 rings (SSSR count). The topological polar surface area (TPSA) is 69.7 Å². The summed E-state index contributed by atoms with van der Waals surface area (Å²) in [5.74, 6) is -0.462. The zero-order valence-electron chi connectivity index (χ0n) is 8.10. The van der Waals surface area contributed by atoms with Gasteiger partial charge in [-0.3, -0.25) is 8.98 Å². The van der Waals surface area contributed by atoms with Crippen molar-refractivity contribution >= 4 is 16.1 Å². The molecule has 0 heterocycles. The first kappa shape index (κ1) is 12.4. The van der Waals surface area contributed by atoms with Crippen molar-refractivity contribution < 1.29 is 22.1 Å². The quantitative estimate of drug-likeness (QED) is 0.493. The van der Waals surface area contributed by atoms with E-state index < -0.39 is 28.3 Å². The summed E-state index contributed by atoms with van der Waals surface area (Å²) >= 11 is 0. The van der Waals surface area contributed by atoms with Gasteiger partial charge in [-0.25, -0.2) is 0 Å². The van der Waals surface area contributed by atoms with Gasteiger partial charge in [-0.15, -0.1) is 0 Å². The number of ether oxygens (including phenoxy) is 1. The van der Waals surface area contributed by atoms with Gasteiger partial charge in [0.25, 0.3) is 10.1 Å². The van der Waals surface area contributed by atoms with Crippen LogP contribution in [-0.4, -0.2) is 32.9 Å². The maximum atomic E-state index is 10.7. The van der Waals surface area contributed by atoms with Crippen molar-refractivity contribution in [3.63, 3.8) is 0 Å². The Balaban J connectivity index is 4.11. The van der Waals surface area contributed by atoms with E-state index in [0.29, 0.717) is 0 Å². The third-order valence-corrected chi connectivity index (χ3v) is 1.99. The van der Waals surface area contributed by atoms with Crippen molar-refractivity contribution in [2.24, 2.45) is 0 Å². The van der Waals surface area contributed by atoms with Gasteiger partial charge < -0.3 is 4.74 Å². The lowest BCUT2D eigenvalue weighted by Gasteiger charge is -2.18. The van der Waals surface area contributed by atoms with Gasteiger partial charge in [-0.2, -0.15) is 8.42 Å². The highest BCUT2D eigenvalue weighted by Crippen LogP contribution is 2.06. The summed E-state index contributed by atoms with van der Waals surface area (Å²) in [6.07, 6.45) is -0.296. The molecule has 0 radical (unpaired) electrons. The van der Waals surface area contributed by atoms with Crippen LogP contribution in [0.4, 0.5) is 0 Å². The van der Waals surface area contributed by atoms with Crippen LogP contribution in [0.25, 0.3) is 0 Å². The predicted octanol–water partition coefficient (Wildman–Crippen LogP) is 0.303. The molecule has 2 atom stereocenters. The summed E-state index contributed by atoms with van der Waals surface area (Å²) in [5.41, 5.74) is 0. The van der Waals surface area contributed by atoms with Crippen molar-refractivity contribution in [2.45, 2.75) is 33.0 Å². The Morgan fingerprint density at radius 1 is 1.23 bits per heavy atom. The van der Waals surface area contributed by atoms with Crippen LogP contribution in [0.5, 0.6) is 0 Å². The number of rotatable bonds is 4. The lowest BCUT2D eigenvalue weighted by atomic mass is 10.3. The second kappa shape index (κ2) is 4.57. The third kappa shape index (κ3) is 6.53. The number of carbonyl (C=O) groups excluding carboxylic acids is 1. The van der Waals surface area contributed by atoms with E-state index in [1.807, 2.05) is 0 Å². The second-order valence-electron chi connectivity index (χ2n) is 2.82. The molecular weight excluding hydrogens is 196 g/mol. The fourth-order valence-corrected chi connectivity index (χ4v) is 1.42. The maximum Gasteiger partial charge on any atom is 0.302 e. The van der Waals surface area contributed by atoms with Crippen LogP contribution in [0.15, 0.2) is 0 Å². The molecule has 6 heteroatoms. The molecule has 0 saturated carbocycles. The number of hydrogen-bond donors (Lipinski definition) is 0. The normalized spacial score (nSPS) is 16.3. The van der Waals surface area contributed by atoms with Crippen LogP contribution >= 0.6 is 0 Å². The van der Waals surface area contributed by atoms with E-state index in [4.69, 9.17) is 4.74 Å². The first-order valence-corrected chi connectivity index (χ1v) is 5.59. The molecule has 0 aliphatic rings. The molecule has 0 N–H and O–H groups in total. The molecule has 0 aromatic carbocycles. The highest BCUT2D eigenvalue weighted by molar-refractivity contribution is 7.86. The fraction of sp³-hybridized carbons (Fsp3) is 0.857. The highest BCUT2D eigenvalue weighted by atomic mass is 32.2. The van der Waals surface area contributed by atoms with Crippen molar-refractivity contribution in [3.05, 3.63) is 0 Å². The monoisotopic (exact) mass is 210 g/mol. The molecule has 0 amide bonds. The summed E-state index contributed by atoms with van der Waals surface area (Å²) in [5, 5.41) is 0. The predicted molar refractivity (Wildman–Crippen MR) is 46.6 cm³/mol. The number of esters is 1. The van der Waals surface area contributed by atoms with Crippen LogP contribution in [0.3, 0.4) is 0 Å². The fourth-order valence-electron chi connectivity index (χ4n) is 0.712. The maximum absolute atomic E-state index is 10.7. The van der Waals surface area contributed by atoms with Crippen molar-refractivity contribution in [2.75, 3.05) is 6.26 Å². The smallest absolute Gasteiger partial charge is 0.302 e. The minimum Gasteiger partial charge on any atom is -0.460 e. The molecule has 0 aromatic heterocycles. The van der Waals surface area contributed by atoms with Gasteiger partial charge >= 0.3 is 5.97 Å². The lowest BCUT2D eigenvalue weighted by molar-refractivity contribution is -0.149. The Morgan fingerprint density at radius 3 is 2.00 bits per heavy atom. The highest BCUT2D eigenvalue weighted by Gasteiger charge is 2.19. The van der Waals surface area contributed by atoms with E-state index in [-0.39, 0.29) is 0 Å². The van der Waals surface area contributed by atoms with Gasteiger partial charge in [-0.05, 0) is 13.8 Å². The number of carbonyl (C=O) groups is 1. The zero-order chi connectivity index (χ0) is 10.6. The van der Waals surface area contributed by atoms with E-state index in [1.54, 1.807) is 6.92 Å². The molecular formula is C7H14O5S.